The number of fused-ring (bicyclic) bond motifs is 1. The zero-order chi connectivity index (χ0) is 21.8. The highest BCUT2D eigenvalue weighted by Gasteiger charge is 2.18. The molecule has 0 bridgehead atoms. The molecule has 0 saturated carbocycles. The molecule has 0 radical (unpaired) electrons. The maximum Gasteiger partial charge on any atom is 0.230 e. The predicted octanol–water partition coefficient (Wildman–Crippen LogP) is 4.44. The Balaban J connectivity index is 1.47. The van der Waals surface area contributed by atoms with Crippen molar-refractivity contribution in [1.29, 1.82) is 0 Å². The Bertz CT molecular complexity index is 1190. The molecule has 1 atom stereocenters. The van der Waals surface area contributed by atoms with Gasteiger partial charge in [-0.25, -0.2) is 4.68 Å². The first-order valence-electron chi connectivity index (χ1n) is 10.3. The van der Waals surface area contributed by atoms with Gasteiger partial charge in [0.15, 0.2) is 0 Å². The molecule has 0 saturated heterocycles. The van der Waals surface area contributed by atoms with Crippen molar-refractivity contribution in [2.45, 2.75) is 31.7 Å². The Morgan fingerprint density at radius 2 is 1.71 bits per heavy atom. The molecule has 31 heavy (non-hydrogen) atoms. The minimum absolute atomic E-state index is 0.0254. The van der Waals surface area contributed by atoms with Gasteiger partial charge in [0.25, 0.3) is 0 Å². The number of benzene rings is 2. The third-order valence-electron chi connectivity index (χ3n) is 5.29. The topological polar surface area (TPSA) is 72.7 Å². The number of carbonyl (C=O) groups excluding carboxylic acids is 1. The summed E-state index contributed by atoms with van der Waals surface area (Å²) in [6.45, 7) is 6.67. The number of hydrogen-bond donors (Lipinski definition) is 1. The fraction of sp³-hybridized carbons (Fsp3) is 0.250. The van der Waals surface area contributed by atoms with E-state index in [4.69, 9.17) is 5.10 Å². The van der Waals surface area contributed by atoms with E-state index in [0.29, 0.717) is 11.6 Å². The van der Waals surface area contributed by atoms with E-state index in [2.05, 4.69) is 34.6 Å². The number of amides is 1. The van der Waals surface area contributed by atoms with Gasteiger partial charge in [0.2, 0.25) is 5.91 Å². The van der Waals surface area contributed by atoms with E-state index < -0.39 is 0 Å². The van der Waals surface area contributed by atoms with Gasteiger partial charge >= 0.3 is 0 Å². The fourth-order valence-corrected chi connectivity index (χ4v) is 4.32. The van der Waals surface area contributed by atoms with Crippen LogP contribution in [0.4, 0.5) is 0 Å². The number of nitrogens with zero attached hydrogens (tertiary/aromatic N) is 4. The van der Waals surface area contributed by atoms with Crippen LogP contribution < -0.4 is 5.32 Å². The SMILES string of the molecule is Cc1nnc(SCC(=O)NCC(C)c2ccccc2)c2nn(-c3ccccc3)c(C)c12. The highest BCUT2D eigenvalue weighted by molar-refractivity contribution is 8.00. The Kier molecular flexibility index (Phi) is 6.32. The fourth-order valence-electron chi connectivity index (χ4n) is 3.57. The van der Waals surface area contributed by atoms with Crippen LogP contribution in [0.3, 0.4) is 0 Å². The van der Waals surface area contributed by atoms with Gasteiger partial charge in [0, 0.05) is 11.9 Å². The van der Waals surface area contributed by atoms with Crippen molar-refractivity contribution in [3.05, 3.63) is 77.6 Å². The second-order valence-corrected chi connectivity index (χ2v) is 8.52. The second kappa shape index (κ2) is 9.31. The Morgan fingerprint density at radius 3 is 2.42 bits per heavy atom. The van der Waals surface area contributed by atoms with Crippen molar-refractivity contribution in [3.8, 4) is 5.69 Å². The third-order valence-corrected chi connectivity index (χ3v) is 6.24. The summed E-state index contributed by atoms with van der Waals surface area (Å²) in [5.41, 5.74) is 4.82. The van der Waals surface area contributed by atoms with Gasteiger partial charge in [-0.05, 0) is 37.5 Å². The number of thioether (sulfide) groups is 1. The van der Waals surface area contributed by atoms with Gasteiger partial charge in [0.05, 0.1) is 22.8 Å². The molecule has 0 spiro atoms. The van der Waals surface area contributed by atoms with Crippen molar-refractivity contribution < 1.29 is 4.79 Å². The molecule has 2 heterocycles. The number of aryl methyl sites for hydroxylation is 2. The molecule has 7 heteroatoms. The standard InChI is InChI=1S/C24H25N5OS/c1-16(19-10-6-4-7-11-19)14-25-21(30)15-31-24-23-22(17(2)26-27-24)18(3)29(28-23)20-12-8-5-9-13-20/h4-13,16H,14-15H2,1-3H3,(H,25,30). The number of rotatable bonds is 7. The van der Waals surface area contributed by atoms with Crippen molar-refractivity contribution in [3.63, 3.8) is 0 Å². The van der Waals surface area contributed by atoms with Crippen LogP contribution in [-0.4, -0.2) is 38.2 Å². The van der Waals surface area contributed by atoms with Gasteiger partial charge in [-0.1, -0.05) is 67.2 Å². The molecule has 158 valence electrons. The van der Waals surface area contributed by atoms with Crippen molar-refractivity contribution in [2.75, 3.05) is 12.3 Å². The largest absolute Gasteiger partial charge is 0.355 e. The summed E-state index contributed by atoms with van der Waals surface area (Å²) >= 11 is 1.37. The van der Waals surface area contributed by atoms with Crippen molar-refractivity contribution in [1.82, 2.24) is 25.3 Å². The molecule has 0 fully saturated rings. The number of para-hydroxylation sites is 1. The Morgan fingerprint density at radius 1 is 1.03 bits per heavy atom. The van der Waals surface area contributed by atoms with Crippen LogP contribution >= 0.6 is 11.8 Å². The second-order valence-electron chi connectivity index (χ2n) is 7.55. The van der Waals surface area contributed by atoms with Crippen LogP contribution in [0.25, 0.3) is 16.6 Å². The Hall–Kier alpha value is -3.19. The Labute approximate surface area is 186 Å². The van der Waals surface area contributed by atoms with Crippen LogP contribution in [0, 0.1) is 13.8 Å². The average molecular weight is 432 g/mol. The molecule has 2 aromatic heterocycles. The maximum atomic E-state index is 12.4. The first-order chi connectivity index (χ1) is 15.0. The normalized spacial score (nSPS) is 12.1. The van der Waals surface area contributed by atoms with Crippen LogP contribution in [0.2, 0.25) is 0 Å². The van der Waals surface area contributed by atoms with Crippen molar-refractivity contribution in [2.24, 2.45) is 0 Å². The predicted molar refractivity (Wildman–Crippen MR) is 125 cm³/mol. The highest BCUT2D eigenvalue weighted by Crippen LogP contribution is 2.29. The van der Waals surface area contributed by atoms with Gasteiger partial charge in [-0.2, -0.15) is 10.2 Å². The zero-order valence-corrected chi connectivity index (χ0v) is 18.7. The molecule has 1 amide bonds. The van der Waals surface area contributed by atoms with Crippen molar-refractivity contribution >= 4 is 28.6 Å². The minimum Gasteiger partial charge on any atom is -0.355 e. The van der Waals surface area contributed by atoms with E-state index in [1.807, 2.05) is 67.1 Å². The summed E-state index contributed by atoms with van der Waals surface area (Å²) < 4.78 is 1.91. The number of nitrogens with one attached hydrogen (secondary N) is 1. The van der Waals surface area contributed by atoms with Crippen LogP contribution in [-0.2, 0) is 4.79 Å². The van der Waals surface area contributed by atoms with Gasteiger partial charge in [-0.3, -0.25) is 4.79 Å². The summed E-state index contributed by atoms with van der Waals surface area (Å²) in [5.74, 6) is 0.499. The lowest BCUT2D eigenvalue weighted by Crippen LogP contribution is -2.29. The first kappa shape index (κ1) is 21.1. The molecule has 1 N–H and O–H groups in total. The van der Waals surface area contributed by atoms with E-state index in [1.54, 1.807) is 0 Å². The lowest BCUT2D eigenvalue weighted by Gasteiger charge is -2.12. The smallest absolute Gasteiger partial charge is 0.230 e. The molecule has 0 aliphatic heterocycles. The molecule has 1 unspecified atom stereocenters. The highest BCUT2D eigenvalue weighted by atomic mass is 32.2. The van der Waals surface area contributed by atoms with Gasteiger partial charge < -0.3 is 5.32 Å². The molecule has 4 rings (SSSR count). The molecular formula is C24H25N5OS. The lowest BCUT2D eigenvalue weighted by atomic mass is 10.0. The van der Waals surface area contributed by atoms with E-state index in [1.165, 1.54) is 17.3 Å². The monoisotopic (exact) mass is 431 g/mol. The summed E-state index contributed by atoms with van der Waals surface area (Å²) in [6.07, 6.45) is 0. The van der Waals surface area contributed by atoms with Gasteiger partial charge in [0.1, 0.15) is 10.5 Å². The quantitative estimate of drug-likeness (QED) is 0.438. The molecule has 0 aliphatic rings. The number of carbonyl (C=O) groups is 1. The molecule has 4 aromatic rings. The molecule has 2 aromatic carbocycles. The molecule has 6 nitrogen and oxygen atoms in total. The minimum atomic E-state index is -0.0254. The number of aromatic nitrogens is 4. The molecular weight excluding hydrogens is 406 g/mol. The van der Waals surface area contributed by atoms with E-state index in [0.717, 1.165) is 28.0 Å². The van der Waals surface area contributed by atoms with Crippen LogP contribution in [0.5, 0.6) is 0 Å². The average Bonchev–Trinajstić information content (AvgIpc) is 3.16. The summed E-state index contributed by atoms with van der Waals surface area (Å²) in [5, 5.41) is 18.1. The summed E-state index contributed by atoms with van der Waals surface area (Å²) in [4.78, 5) is 12.4. The lowest BCUT2D eigenvalue weighted by molar-refractivity contribution is -0.118. The summed E-state index contributed by atoms with van der Waals surface area (Å²) in [7, 11) is 0. The first-order valence-corrected chi connectivity index (χ1v) is 11.3. The van der Waals surface area contributed by atoms with Gasteiger partial charge in [-0.15, -0.1) is 5.10 Å². The number of hydrogen-bond acceptors (Lipinski definition) is 5. The van der Waals surface area contributed by atoms with Crippen LogP contribution in [0.1, 0.15) is 29.8 Å². The maximum absolute atomic E-state index is 12.4. The zero-order valence-electron chi connectivity index (χ0n) is 17.9. The van der Waals surface area contributed by atoms with E-state index in [9.17, 15) is 4.79 Å². The third kappa shape index (κ3) is 4.61. The van der Waals surface area contributed by atoms with E-state index in [-0.39, 0.29) is 17.6 Å². The van der Waals surface area contributed by atoms with Crippen LogP contribution in [0.15, 0.2) is 65.7 Å². The molecule has 0 aliphatic carbocycles. The summed E-state index contributed by atoms with van der Waals surface area (Å²) in [6, 6.07) is 20.2. The van der Waals surface area contributed by atoms with E-state index >= 15 is 0 Å².